The van der Waals surface area contributed by atoms with Gasteiger partial charge in [-0.2, -0.15) is 0 Å². The van der Waals surface area contributed by atoms with Crippen LogP contribution in [0.15, 0.2) is 42.5 Å². The Morgan fingerprint density at radius 3 is 2.00 bits per heavy atom. The third kappa shape index (κ3) is 3.29. The van der Waals surface area contributed by atoms with Gasteiger partial charge in [-0.15, -0.1) is 0 Å². The van der Waals surface area contributed by atoms with Gasteiger partial charge in [0.1, 0.15) is 0 Å². The Balaban J connectivity index is 2.59. The summed E-state index contributed by atoms with van der Waals surface area (Å²) in [5.74, 6) is 0. The molecule has 0 spiro atoms. The molecule has 0 fully saturated rings. The highest BCUT2D eigenvalue weighted by Gasteiger charge is 2.31. The summed E-state index contributed by atoms with van der Waals surface area (Å²) in [7, 11) is -3.33. The molecule has 4 heteroatoms. The van der Waals surface area contributed by atoms with Crippen LogP contribution in [0.3, 0.4) is 0 Å². The van der Waals surface area contributed by atoms with Crippen LogP contribution in [0.5, 0.6) is 0 Å². The van der Waals surface area contributed by atoms with Crippen LogP contribution in [0, 0.1) is 0 Å². The summed E-state index contributed by atoms with van der Waals surface area (Å²) in [6, 6.07) is 13.5. The molecule has 0 saturated carbocycles. The van der Waals surface area contributed by atoms with Gasteiger partial charge < -0.3 is 9.05 Å². The minimum atomic E-state index is -3.33. The SMILES string of the molecule is CC(C)OP(=O)(OC(C)C)c1cccc2ccccc12. The van der Waals surface area contributed by atoms with E-state index in [1.807, 2.05) is 70.2 Å². The fourth-order valence-corrected chi connectivity index (χ4v) is 4.29. The van der Waals surface area contributed by atoms with Gasteiger partial charge in [0, 0.05) is 0 Å². The number of hydrogen-bond donors (Lipinski definition) is 0. The van der Waals surface area contributed by atoms with Crippen molar-refractivity contribution in [1.29, 1.82) is 0 Å². The van der Waals surface area contributed by atoms with Crippen molar-refractivity contribution in [3.63, 3.8) is 0 Å². The molecule has 0 atom stereocenters. The Labute approximate surface area is 120 Å². The second kappa shape index (κ2) is 6.09. The molecule has 0 saturated heterocycles. The predicted molar refractivity (Wildman–Crippen MR) is 83.6 cm³/mol. The second-order valence-corrected chi connectivity index (χ2v) is 7.20. The lowest BCUT2D eigenvalue weighted by Crippen LogP contribution is -2.17. The molecule has 0 N–H and O–H groups in total. The fraction of sp³-hybridized carbons (Fsp3) is 0.375. The summed E-state index contributed by atoms with van der Waals surface area (Å²) in [5, 5.41) is 2.59. The van der Waals surface area contributed by atoms with Gasteiger partial charge in [0.25, 0.3) is 0 Å². The van der Waals surface area contributed by atoms with Crippen molar-refractivity contribution in [2.75, 3.05) is 0 Å². The first-order valence-electron chi connectivity index (χ1n) is 6.87. The number of rotatable bonds is 5. The smallest absolute Gasteiger partial charge is 0.302 e. The van der Waals surface area contributed by atoms with Crippen molar-refractivity contribution < 1.29 is 13.6 Å². The van der Waals surface area contributed by atoms with E-state index in [1.165, 1.54) is 0 Å². The van der Waals surface area contributed by atoms with E-state index < -0.39 is 7.60 Å². The van der Waals surface area contributed by atoms with Crippen LogP contribution in [-0.2, 0) is 13.6 Å². The fourth-order valence-electron chi connectivity index (χ4n) is 2.14. The zero-order valence-corrected chi connectivity index (χ0v) is 13.3. The molecule has 0 radical (unpaired) electrons. The predicted octanol–water partition coefficient (Wildman–Crippen LogP) is 4.51. The first-order valence-corrected chi connectivity index (χ1v) is 8.42. The van der Waals surface area contributed by atoms with Gasteiger partial charge in [-0.25, -0.2) is 0 Å². The molecule has 0 aromatic heterocycles. The Bertz CT molecular complexity index is 615. The lowest BCUT2D eigenvalue weighted by atomic mass is 10.1. The van der Waals surface area contributed by atoms with Crippen molar-refractivity contribution in [2.24, 2.45) is 0 Å². The highest BCUT2D eigenvalue weighted by atomic mass is 31.2. The van der Waals surface area contributed by atoms with Crippen molar-refractivity contribution in [2.45, 2.75) is 39.9 Å². The van der Waals surface area contributed by atoms with Crippen LogP contribution in [-0.4, -0.2) is 12.2 Å². The third-order valence-corrected chi connectivity index (χ3v) is 5.14. The Kier molecular flexibility index (Phi) is 4.64. The average molecular weight is 292 g/mol. The summed E-state index contributed by atoms with van der Waals surface area (Å²) in [4.78, 5) is 0. The molecule has 0 aliphatic rings. The van der Waals surface area contributed by atoms with Gasteiger partial charge in [-0.05, 0) is 44.5 Å². The second-order valence-electron chi connectivity index (χ2n) is 5.30. The summed E-state index contributed by atoms with van der Waals surface area (Å²) < 4.78 is 24.6. The zero-order valence-electron chi connectivity index (χ0n) is 12.4. The molecular formula is C16H21O3P. The van der Waals surface area contributed by atoms with E-state index in [1.54, 1.807) is 0 Å². The third-order valence-electron chi connectivity index (χ3n) is 2.76. The van der Waals surface area contributed by atoms with Crippen molar-refractivity contribution in [3.05, 3.63) is 42.5 Å². The quantitative estimate of drug-likeness (QED) is 0.761. The standard InChI is InChI=1S/C16H21O3P/c1-12(2)18-20(17,19-13(3)4)16-11-7-9-14-8-5-6-10-15(14)16/h5-13H,1-4H3. The normalized spacial score (nSPS) is 12.5. The van der Waals surface area contributed by atoms with Gasteiger partial charge in [0.15, 0.2) is 0 Å². The topological polar surface area (TPSA) is 35.5 Å². The molecule has 20 heavy (non-hydrogen) atoms. The minimum absolute atomic E-state index is 0.168. The highest BCUT2D eigenvalue weighted by molar-refractivity contribution is 7.62. The molecule has 0 aliphatic heterocycles. The molecule has 2 rings (SSSR count). The van der Waals surface area contributed by atoms with Gasteiger partial charge in [-0.3, -0.25) is 4.57 Å². The molecule has 2 aromatic carbocycles. The summed E-state index contributed by atoms with van der Waals surface area (Å²) in [6.07, 6.45) is -0.336. The van der Waals surface area contributed by atoms with E-state index in [-0.39, 0.29) is 12.2 Å². The van der Waals surface area contributed by atoms with E-state index in [4.69, 9.17) is 9.05 Å². The lowest BCUT2D eigenvalue weighted by Gasteiger charge is -2.24. The maximum atomic E-state index is 13.2. The molecular weight excluding hydrogens is 271 g/mol. The Hall–Kier alpha value is -1.15. The van der Waals surface area contributed by atoms with Crippen LogP contribution < -0.4 is 5.30 Å². The van der Waals surface area contributed by atoms with Crippen LogP contribution in [0.2, 0.25) is 0 Å². The van der Waals surface area contributed by atoms with Crippen molar-refractivity contribution in [1.82, 2.24) is 0 Å². The Morgan fingerprint density at radius 2 is 1.40 bits per heavy atom. The molecule has 0 heterocycles. The molecule has 0 bridgehead atoms. The van der Waals surface area contributed by atoms with E-state index in [0.29, 0.717) is 5.30 Å². The van der Waals surface area contributed by atoms with Crippen LogP contribution >= 0.6 is 7.60 Å². The maximum absolute atomic E-state index is 13.2. The van der Waals surface area contributed by atoms with Crippen molar-refractivity contribution >= 4 is 23.7 Å². The molecule has 108 valence electrons. The zero-order chi connectivity index (χ0) is 14.8. The Morgan fingerprint density at radius 1 is 0.850 bits per heavy atom. The largest absolute Gasteiger partial charge is 0.362 e. The maximum Gasteiger partial charge on any atom is 0.362 e. The lowest BCUT2D eigenvalue weighted by molar-refractivity contribution is 0.150. The molecule has 0 unspecified atom stereocenters. The van der Waals surface area contributed by atoms with Gasteiger partial charge in [-0.1, -0.05) is 36.4 Å². The van der Waals surface area contributed by atoms with E-state index in [9.17, 15) is 4.57 Å². The minimum Gasteiger partial charge on any atom is -0.302 e. The molecule has 3 nitrogen and oxygen atoms in total. The van der Waals surface area contributed by atoms with Crippen LogP contribution in [0.1, 0.15) is 27.7 Å². The van der Waals surface area contributed by atoms with E-state index in [2.05, 4.69) is 0 Å². The monoisotopic (exact) mass is 292 g/mol. The van der Waals surface area contributed by atoms with Gasteiger partial charge in [0.2, 0.25) is 0 Å². The highest BCUT2D eigenvalue weighted by Crippen LogP contribution is 2.50. The van der Waals surface area contributed by atoms with E-state index >= 15 is 0 Å². The number of fused-ring (bicyclic) bond motifs is 1. The molecule has 2 aromatic rings. The molecule has 0 aliphatic carbocycles. The van der Waals surface area contributed by atoms with Crippen molar-refractivity contribution in [3.8, 4) is 0 Å². The first kappa shape index (κ1) is 15.2. The summed E-state index contributed by atoms with van der Waals surface area (Å²) >= 11 is 0. The van der Waals surface area contributed by atoms with Crippen LogP contribution in [0.4, 0.5) is 0 Å². The molecule has 0 amide bonds. The average Bonchev–Trinajstić information content (AvgIpc) is 2.36. The van der Waals surface area contributed by atoms with Crippen LogP contribution in [0.25, 0.3) is 10.8 Å². The van der Waals surface area contributed by atoms with E-state index in [0.717, 1.165) is 10.8 Å². The summed E-state index contributed by atoms with van der Waals surface area (Å²) in [5.41, 5.74) is 0. The van der Waals surface area contributed by atoms with Gasteiger partial charge >= 0.3 is 7.60 Å². The van der Waals surface area contributed by atoms with Gasteiger partial charge in [0.05, 0.1) is 17.5 Å². The number of benzene rings is 2. The first-order chi connectivity index (χ1) is 9.42. The number of hydrogen-bond acceptors (Lipinski definition) is 3. The summed E-state index contributed by atoms with van der Waals surface area (Å²) in [6.45, 7) is 7.45.